The molecule has 17 heavy (non-hydrogen) atoms. The molecule has 1 N–H and O–H groups in total. The third kappa shape index (κ3) is 3.51. The van der Waals surface area contributed by atoms with Crippen molar-refractivity contribution in [1.82, 2.24) is 25.2 Å². The van der Waals surface area contributed by atoms with E-state index < -0.39 is 0 Å². The normalized spacial score (nSPS) is 15.8. The van der Waals surface area contributed by atoms with Gasteiger partial charge in [0.25, 0.3) is 0 Å². The van der Waals surface area contributed by atoms with Gasteiger partial charge in [-0.3, -0.25) is 0 Å². The zero-order chi connectivity index (χ0) is 12.3. The van der Waals surface area contributed by atoms with E-state index in [1.54, 1.807) is 0 Å². The second-order valence-electron chi connectivity index (χ2n) is 5.19. The Morgan fingerprint density at radius 1 is 1.41 bits per heavy atom. The molecule has 1 aromatic rings. The first-order chi connectivity index (χ1) is 8.20. The summed E-state index contributed by atoms with van der Waals surface area (Å²) in [5, 5.41) is 11.8. The molecule has 0 aliphatic heterocycles. The van der Waals surface area contributed by atoms with Crippen LogP contribution in [0, 0.1) is 5.92 Å². The topological polar surface area (TPSA) is 46.0 Å². The molecule has 1 aromatic heterocycles. The van der Waals surface area contributed by atoms with Gasteiger partial charge in [-0.15, -0.1) is 5.10 Å². The lowest BCUT2D eigenvalue weighted by Crippen LogP contribution is -2.20. The van der Waals surface area contributed by atoms with Crippen LogP contribution in [0.4, 0.5) is 0 Å². The lowest BCUT2D eigenvalue weighted by molar-refractivity contribution is 0.366. The molecule has 1 heterocycles. The van der Waals surface area contributed by atoms with Crippen molar-refractivity contribution in [3.05, 3.63) is 11.4 Å². The molecule has 1 aliphatic carbocycles. The lowest BCUT2D eigenvalue weighted by atomic mass is 10.2. The molecule has 0 unspecified atom stereocenters. The van der Waals surface area contributed by atoms with E-state index in [4.69, 9.17) is 0 Å². The summed E-state index contributed by atoms with van der Waals surface area (Å²) in [6, 6.07) is 0. The molecule has 5 heteroatoms. The SMILES string of the molecule is CNCc1nnn(CCN(C)C)c1CC1CC1. The second kappa shape index (κ2) is 5.60. The van der Waals surface area contributed by atoms with E-state index in [0.29, 0.717) is 0 Å². The Hall–Kier alpha value is -0.940. The standard InChI is InChI=1S/C12H23N5/c1-13-9-11-12(8-10-4-5-10)17(15-14-11)7-6-16(2)3/h10,13H,4-9H2,1-3H3. The van der Waals surface area contributed by atoms with Crippen LogP contribution in [0.1, 0.15) is 24.2 Å². The summed E-state index contributed by atoms with van der Waals surface area (Å²) < 4.78 is 2.09. The number of likely N-dealkylation sites (N-methyl/N-ethyl adjacent to an activating group) is 1. The molecular weight excluding hydrogens is 214 g/mol. The van der Waals surface area contributed by atoms with E-state index in [1.807, 2.05) is 7.05 Å². The Kier molecular flexibility index (Phi) is 4.12. The number of aromatic nitrogens is 3. The third-order valence-electron chi connectivity index (χ3n) is 3.20. The summed E-state index contributed by atoms with van der Waals surface area (Å²) in [5.74, 6) is 0.877. The Balaban J connectivity index is 2.06. The van der Waals surface area contributed by atoms with Gasteiger partial charge in [0, 0.05) is 13.1 Å². The van der Waals surface area contributed by atoms with Gasteiger partial charge >= 0.3 is 0 Å². The van der Waals surface area contributed by atoms with Gasteiger partial charge < -0.3 is 10.2 Å². The van der Waals surface area contributed by atoms with E-state index >= 15 is 0 Å². The predicted octanol–water partition coefficient (Wildman–Crippen LogP) is 0.512. The van der Waals surface area contributed by atoms with Crippen molar-refractivity contribution in [3.8, 4) is 0 Å². The minimum atomic E-state index is 0.823. The van der Waals surface area contributed by atoms with Gasteiger partial charge in [-0.05, 0) is 46.3 Å². The summed E-state index contributed by atoms with van der Waals surface area (Å²) in [4.78, 5) is 2.18. The second-order valence-corrected chi connectivity index (χ2v) is 5.19. The minimum absolute atomic E-state index is 0.823. The van der Waals surface area contributed by atoms with Crippen molar-refractivity contribution in [2.45, 2.75) is 32.4 Å². The van der Waals surface area contributed by atoms with Crippen molar-refractivity contribution in [1.29, 1.82) is 0 Å². The van der Waals surface area contributed by atoms with E-state index in [2.05, 4.69) is 39.3 Å². The van der Waals surface area contributed by atoms with Gasteiger partial charge in [0.2, 0.25) is 0 Å². The first-order valence-corrected chi connectivity index (χ1v) is 6.41. The number of rotatable bonds is 7. The third-order valence-corrected chi connectivity index (χ3v) is 3.20. The van der Waals surface area contributed by atoms with Crippen LogP contribution in [-0.2, 0) is 19.5 Å². The average Bonchev–Trinajstić information content (AvgIpc) is 3.01. The van der Waals surface area contributed by atoms with Gasteiger partial charge in [-0.1, -0.05) is 5.21 Å². The van der Waals surface area contributed by atoms with Crippen LogP contribution in [0.25, 0.3) is 0 Å². The molecule has 0 radical (unpaired) electrons. The summed E-state index contributed by atoms with van der Waals surface area (Å²) in [6.07, 6.45) is 3.90. The molecule has 2 rings (SSSR count). The smallest absolute Gasteiger partial charge is 0.0996 e. The first-order valence-electron chi connectivity index (χ1n) is 6.41. The summed E-state index contributed by atoms with van der Waals surface area (Å²) in [5.41, 5.74) is 2.46. The fourth-order valence-corrected chi connectivity index (χ4v) is 1.97. The molecule has 96 valence electrons. The van der Waals surface area contributed by atoms with Crippen LogP contribution < -0.4 is 5.32 Å². The fraction of sp³-hybridized carbons (Fsp3) is 0.833. The maximum Gasteiger partial charge on any atom is 0.0996 e. The van der Waals surface area contributed by atoms with Gasteiger partial charge in [-0.2, -0.15) is 0 Å². The molecule has 5 nitrogen and oxygen atoms in total. The molecule has 0 aromatic carbocycles. The largest absolute Gasteiger partial charge is 0.314 e. The lowest BCUT2D eigenvalue weighted by Gasteiger charge is -2.11. The summed E-state index contributed by atoms with van der Waals surface area (Å²) in [7, 11) is 6.14. The van der Waals surface area contributed by atoms with Gasteiger partial charge in [0.05, 0.1) is 17.9 Å². The van der Waals surface area contributed by atoms with Crippen molar-refractivity contribution in [3.63, 3.8) is 0 Å². The highest BCUT2D eigenvalue weighted by Crippen LogP contribution is 2.33. The van der Waals surface area contributed by atoms with Gasteiger partial charge in [0.15, 0.2) is 0 Å². The van der Waals surface area contributed by atoms with Gasteiger partial charge in [0.1, 0.15) is 0 Å². The summed E-state index contributed by atoms with van der Waals surface area (Å²) in [6.45, 7) is 2.77. The molecular formula is C12H23N5. The van der Waals surface area contributed by atoms with Crippen molar-refractivity contribution in [2.75, 3.05) is 27.7 Å². The summed E-state index contributed by atoms with van der Waals surface area (Å²) >= 11 is 0. The van der Waals surface area contributed by atoms with Crippen molar-refractivity contribution in [2.24, 2.45) is 5.92 Å². The van der Waals surface area contributed by atoms with E-state index in [9.17, 15) is 0 Å². The van der Waals surface area contributed by atoms with Crippen LogP contribution in [-0.4, -0.2) is 47.6 Å². The predicted molar refractivity (Wildman–Crippen MR) is 67.8 cm³/mol. The zero-order valence-electron chi connectivity index (χ0n) is 11.1. The van der Waals surface area contributed by atoms with Gasteiger partial charge in [-0.25, -0.2) is 4.68 Å². The molecule has 0 spiro atoms. The van der Waals surface area contributed by atoms with Crippen molar-refractivity contribution < 1.29 is 0 Å². The Morgan fingerprint density at radius 3 is 2.76 bits per heavy atom. The molecule has 1 fully saturated rings. The highest BCUT2D eigenvalue weighted by Gasteiger charge is 2.25. The Morgan fingerprint density at radius 2 is 2.18 bits per heavy atom. The fourth-order valence-electron chi connectivity index (χ4n) is 1.97. The molecule has 1 aliphatic rings. The Labute approximate surface area is 103 Å². The van der Waals surface area contributed by atoms with Crippen molar-refractivity contribution >= 4 is 0 Å². The maximum absolute atomic E-state index is 4.30. The molecule has 1 saturated carbocycles. The average molecular weight is 237 g/mol. The maximum atomic E-state index is 4.30. The van der Waals surface area contributed by atoms with Crippen LogP contribution in [0.3, 0.4) is 0 Å². The zero-order valence-corrected chi connectivity index (χ0v) is 11.1. The van der Waals surface area contributed by atoms with Crippen LogP contribution in [0.15, 0.2) is 0 Å². The van der Waals surface area contributed by atoms with Crippen LogP contribution in [0.2, 0.25) is 0 Å². The molecule has 0 saturated heterocycles. The minimum Gasteiger partial charge on any atom is -0.314 e. The van der Waals surface area contributed by atoms with Crippen LogP contribution >= 0.6 is 0 Å². The van der Waals surface area contributed by atoms with Crippen LogP contribution in [0.5, 0.6) is 0 Å². The first kappa shape index (κ1) is 12.5. The molecule has 0 atom stereocenters. The highest BCUT2D eigenvalue weighted by molar-refractivity contribution is 5.12. The molecule has 0 amide bonds. The quantitative estimate of drug-likeness (QED) is 0.750. The van der Waals surface area contributed by atoms with E-state index in [0.717, 1.165) is 37.7 Å². The monoisotopic (exact) mass is 237 g/mol. The number of nitrogens with zero attached hydrogens (tertiary/aromatic N) is 4. The molecule has 0 bridgehead atoms. The Bertz CT molecular complexity index is 354. The number of hydrogen-bond donors (Lipinski definition) is 1. The number of nitrogens with one attached hydrogen (secondary N) is 1. The van der Waals surface area contributed by atoms with E-state index in [-0.39, 0.29) is 0 Å². The van der Waals surface area contributed by atoms with E-state index in [1.165, 1.54) is 18.5 Å². The number of hydrogen-bond acceptors (Lipinski definition) is 4. The highest BCUT2D eigenvalue weighted by atomic mass is 15.4.